The summed E-state index contributed by atoms with van der Waals surface area (Å²) in [5, 5.41) is -0.942. The number of halogens is 4. The maximum atomic E-state index is 15.1. The average Bonchev–Trinajstić information content (AvgIpc) is 3.34. The molecule has 0 bridgehead atoms. The van der Waals surface area contributed by atoms with Gasteiger partial charge in [-0.1, -0.05) is 73.9 Å². The zero-order valence-electron chi connectivity index (χ0n) is 50.1. The second-order valence-corrected chi connectivity index (χ2v) is 10.5. The Morgan fingerprint density at radius 3 is 2.33 bits per heavy atom. The van der Waals surface area contributed by atoms with Gasteiger partial charge in [0.2, 0.25) is 5.91 Å². The molecule has 1 heterocycles. The fraction of sp³-hybridized carbons (Fsp3) is 0.378. The summed E-state index contributed by atoms with van der Waals surface area (Å²) in [7, 11) is 0. The second-order valence-electron chi connectivity index (χ2n) is 9.55. The molecule has 0 spiro atoms. The van der Waals surface area contributed by atoms with Gasteiger partial charge in [-0.05, 0) is 85.0 Å². The van der Waals surface area contributed by atoms with Crippen LogP contribution in [-0.4, -0.2) is 51.2 Å². The molecule has 4 aromatic rings. The van der Waals surface area contributed by atoms with Gasteiger partial charge in [-0.2, -0.15) is 18.2 Å². The summed E-state index contributed by atoms with van der Waals surface area (Å²) in [6, 6.07) is -13.5. The number of alkyl halides is 3. The van der Waals surface area contributed by atoms with Crippen molar-refractivity contribution in [1.82, 2.24) is 19.4 Å². The number of aromatic nitrogens is 2. The molecular weight excluding hydrogens is 640 g/mol. The van der Waals surface area contributed by atoms with Crippen LogP contribution in [0.2, 0.25) is 0 Å². The number of thioether (sulfide) groups is 1. The zero-order valence-corrected chi connectivity index (χ0v) is 26.0. The summed E-state index contributed by atoms with van der Waals surface area (Å²) in [6.07, 6.45) is -16.3. The van der Waals surface area contributed by atoms with Crippen LogP contribution in [0.3, 0.4) is 0 Å². The second kappa shape index (κ2) is 15.5. The van der Waals surface area contributed by atoms with E-state index in [2.05, 4.69) is 4.98 Å². The van der Waals surface area contributed by atoms with Crippen LogP contribution >= 0.6 is 11.8 Å². The number of amides is 1. The number of likely N-dealkylation sites (N-methyl/N-ethyl adjacent to an activating group) is 1. The van der Waals surface area contributed by atoms with Crippen LogP contribution in [0.4, 0.5) is 17.6 Å². The Morgan fingerprint density at radius 1 is 1.00 bits per heavy atom. The normalized spacial score (nSPS) is 24.7. The van der Waals surface area contributed by atoms with Gasteiger partial charge in [-0.3, -0.25) is 9.59 Å². The largest absolute Gasteiger partial charge is 0.416 e. The maximum absolute atomic E-state index is 15.1. The number of hydrogen-bond donors (Lipinski definition) is 0. The number of carbonyl (C=O) groups excluding carboxylic acids is 1. The minimum atomic E-state index is -5.28. The average molecular weight is 706 g/mol. The highest BCUT2D eigenvalue weighted by molar-refractivity contribution is 7.98. The number of hydrogen-bond acceptors (Lipinski definition) is 5. The van der Waals surface area contributed by atoms with Crippen LogP contribution in [0.5, 0.6) is 0 Å². The highest BCUT2D eigenvalue weighted by Gasteiger charge is 2.32. The van der Waals surface area contributed by atoms with Crippen LogP contribution in [0.25, 0.3) is 11.1 Å². The smallest absolute Gasteiger partial charge is 0.336 e. The van der Waals surface area contributed by atoms with Crippen molar-refractivity contribution in [3.05, 3.63) is 116 Å². The van der Waals surface area contributed by atoms with Crippen LogP contribution in [-0.2, 0) is 42.6 Å². The SMILES string of the molecule is [2H]c1c([2H])c(CSc2nc(=O)c3c(n2CC(=O)N(Cc2c([2H])c([2H])c(-c4c([2H])c([2H])c(C(F)(F)F)c(C)c4[2H])c([2H])c2[2H])C([2H])([2H])C([2H])([2H])N(C([2H])([2H])C)C([2H])([2H])C)C([2H])([2H])C([2H])([2H])C3([2H])[2H])c([2H])c([2H])c1F. The molecule has 0 saturated carbocycles. The molecule has 0 unspecified atom stereocenters. The zero-order chi connectivity index (χ0) is 56.5. The van der Waals surface area contributed by atoms with E-state index < -0.39 is 204 Å². The lowest BCUT2D eigenvalue weighted by Crippen LogP contribution is -2.40. The van der Waals surface area contributed by atoms with E-state index in [-0.39, 0.29) is 21.6 Å². The fourth-order valence-electron chi connectivity index (χ4n) is 4.07. The first kappa shape index (κ1) is 15.3. The lowest BCUT2D eigenvalue weighted by Gasteiger charge is -2.28. The molecule has 1 aliphatic carbocycles. The van der Waals surface area contributed by atoms with Crippen molar-refractivity contribution in [1.29, 1.82) is 0 Å². The van der Waals surface area contributed by atoms with Crippen molar-refractivity contribution in [2.75, 3.05) is 26.0 Å². The molecule has 3 aromatic carbocycles. The van der Waals surface area contributed by atoms with Crippen LogP contribution in [0.15, 0.2) is 76.4 Å². The van der Waals surface area contributed by atoms with Gasteiger partial charge < -0.3 is 14.4 Å². The number of benzene rings is 3. The Hall–Kier alpha value is -3.96. The monoisotopic (exact) mass is 705 g/mol. The Kier molecular flexibility index (Phi) is 4.94. The summed E-state index contributed by atoms with van der Waals surface area (Å²) < 4.78 is 271. The molecule has 1 amide bonds. The van der Waals surface area contributed by atoms with Crippen molar-refractivity contribution in [2.45, 2.75) is 70.1 Å². The first-order chi connectivity index (χ1) is 32.7. The van der Waals surface area contributed by atoms with E-state index in [1.807, 2.05) is 0 Å². The lowest BCUT2D eigenvalue weighted by atomic mass is 9.98. The van der Waals surface area contributed by atoms with Crippen molar-refractivity contribution in [3.8, 4) is 11.1 Å². The molecule has 48 heavy (non-hydrogen) atoms. The van der Waals surface area contributed by atoms with Gasteiger partial charge in [-0.15, -0.1) is 0 Å². The van der Waals surface area contributed by atoms with E-state index in [0.29, 0.717) is 18.4 Å². The van der Waals surface area contributed by atoms with Gasteiger partial charge in [0.1, 0.15) is 12.4 Å². The molecule has 5 rings (SSSR count). The van der Waals surface area contributed by atoms with E-state index in [9.17, 15) is 25.1 Å². The molecule has 0 saturated heterocycles. The Labute approximate surface area is 317 Å². The van der Waals surface area contributed by atoms with Crippen LogP contribution in [0, 0.1) is 12.7 Å². The van der Waals surface area contributed by atoms with Crippen LogP contribution < -0.4 is 5.56 Å². The summed E-state index contributed by atoms with van der Waals surface area (Å²) in [4.78, 5) is 31.9. The van der Waals surface area contributed by atoms with Gasteiger partial charge in [0.05, 0.1) is 23.4 Å². The highest BCUT2D eigenvalue weighted by Crippen LogP contribution is 2.34. The van der Waals surface area contributed by atoms with Gasteiger partial charge in [-0.25, -0.2) is 4.39 Å². The topological polar surface area (TPSA) is 58.4 Å². The standard InChI is InChI=1S/C37H40F4N4O2S/c1-4-43(5-2)19-20-44(22-26-9-13-28(14-10-26)29-15-18-32(25(3)21-29)37(39,40)41)34(46)23-45-33-8-6-7-31(33)35(47)42-36(45)48-24-27-11-16-30(38)17-12-27/h9-18,21H,4-8,19-20,22-24H2,1-3H3/i4D2,5D2,6D2,7D2,8D2,9D,10D,11D,12D,13D,14D,15D,16D,17D,18D,19D2,20D2,21D. The third-order valence-electron chi connectivity index (χ3n) is 6.37. The minimum Gasteiger partial charge on any atom is -0.336 e. The maximum Gasteiger partial charge on any atom is 0.416 e. The van der Waals surface area contributed by atoms with Gasteiger partial charge in [0.15, 0.2) is 5.16 Å². The van der Waals surface area contributed by atoms with E-state index in [1.54, 1.807) is 0 Å². The highest BCUT2D eigenvalue weighted by atomic mass is 32.2. The first-order valence-corrected chi connectivity index (χ1v) is 14.6. The molecule has 0 aliphatic heterocycles. The summed E-state index contributed by atoms with van der Waals surface area (Å²) in [5.41, 5.74) is -10.7. The third-order valence-corrected chi connectivity index (χ3v) is 7.38. The molecule has 0 atom stereocenters. The third kappa shape index (κ3) is 8.54. The van der Waals surface area contributed by atoms with Gasteiger partial charge in [0.25, 0.3) is 5.56 Å². The Morgan fingerprint density at radius 2 is 1.67 bits per heavy atom. The summed E-state index contributed by atoms with van der Waals surface area (Å²) in [6.45, 7) is -16.3. The fourth-order valence-corrected chi connectivity index (χ4v) is 4.95. The first-order valence-electron chi connectivity index (χ1n) is 26.1. The molecule has 0 N–H and O–H groups in total. The molecule has 1 aromatic heterocycles. The van der Waals surface area contributed by atoms with E-state index in [0.717, 1.165) is 6.92 Å². The molecule has 1 aliphatic rings. The molecule has 6 nitrogen and oxygen atoms in total. The van der Waals surface area contributed by atoms with E-state index >= 15 is 4.79 Å². The van der Waals surface area contributed by atoms with E-state index in [4.69, 9.17) is 31.5 Å². The molecule has 254 valence electrons. The number of rotatable bonds is 13. The Balaban J connectivity index is 1.86. The van der Waals surface area contributed by atoms with Gasteiger partial charge >= 0.3 is 6.18 Å². The van der Waals surface area contributed by atoms with Gasteiger partial charge in [0, 0.05) is 53.0 Å². The summed E-state index contributed by atoms with van der Waals surface area (Å²) >= 11 is 0.179. The Bertz CT molecular complexity index is 2930. The number of nitrogens with zero attached hydrogens (tertiary/aromatic N) is 4. The van der Waals surface area contributed by atoms with Crippen molar-refractivity contribution in [2.24, 2.45) is 0 Å². The molecular formula is C37H40F4N4O2S. The van der Waals surface area contributed by atoms with E-state index in [1.165, 1.54) is 0 Å². The molecule has 0 fully saturated rings. The van der Waals surface area contributed by atoms with Crippen molar-refractivity contribution >= 4 is 17.7 Å². The molecule has 0 radical (unpaired) electrons. The number of carbonyl (C=O) groups is 1. The minimum absolute atomic E-state index is 0.179. The quantitative estimate of drug-likeness (QED) is 0.0819. The predicted molar refractivity (Wildman–Crippen MR) is 181 cm³/mol. The summed E-state index contributed by atoms with van der Waals surface area (Å²) in [5.74, 6) is -4.35. The lowest BCUT2D eigenvalue weighted by molar-refractivity contribution is -0.138. The number of fused-ring (bicyclic) bond motifs is 1. The van der Waals surface area contributed by atoms with Crippen molar-refractivity contribution in [3.63, 3.8) is 0 Å². The van der Waals surface area contributed by atoms with Crippen LogP contribution in [0.1, 0.15) is 88.0 Å². The predicted octanol–water partition coefficient (Wildman–Crippen LogP) is 7.53. The van der Waals surface area contributed by atoms with Crippen molar-refractivity contribution < 1.29 is 56.6 Å². The molecule has 11 heteroatoms.